The molecule has 0 bridgehead atoms. The van der Waals surface area contributed by atoms with E-state index < -0.39 is 0 Å². The molecule has 1 aromatic carbocycles. The highest BCUT2D eigenvalue weighted by molar-refractivity contribution is 5.84. The van der Waals surface area contributed by atoms with Gasteiger partial charge in [0.15, 0.2) is 0 Å². The van der Waals surface area contributed by atoms with Gasteiger partial charge >= 0.3 is 0 Å². The number of amides is 2. The normalized spacial score (nSPS) is 17.7. The van der Waals surface area contributed by atoms with Crippen molar-refractivity contribution in [3.8, 4) is 17.1 Å². The third-order valence-corrected chi connectivity index (χ3v) is 6.54. The Morgan fingerprint density at radius 1 is 1.09 bits per heavy atom. The van der Waals surface area contributed by atoms with Gasteiger partial charge < -0.3 is 19.5 Å². The summed E-state index contributed by atoms with van der Waals surface area (Å²) in [7, 11) is 1.63. The molecule has 2 fully saturated rings. The number of carbonyl (C=O) groups is 2. The molecule has 0 atom stereocenters. The van der Waals surface area contributed by atoms with E-state index in [0.717, 1.165) is 37.2 Å². The van der Waals surface area contributed by atoms with Crippen molar-refractivity contribution in [3.05, 3.63) is 30.2 Å². The van der Waals surface area contributed by atoms with Gasteiger partial charge in [-0.25, -0.2) is 0 Å². The van der Waals surface area contributed by atoms with Crippen LogP contribution in [0.5, 0.6) is 5.75 Å². The Bertz CT molecular complexity index is 915. The zero-order valence-electron chi connectivity index (χ0n) is 19.3. The highest BCUT2D eigenvalue weighted by Gasteiger charge is 2.23. The Morgan fingerprint density at radius 3 is 2.52 bits per heavy atom. The molecule has 9 nitrogen and oxygen atoms in total. The van der Waals surface area contributed by atoms with E-state index in [9.17, 15) is 9.59 Å². The quantitative estimate of drug-likeness (QED) is 0.653. The molecular weight excluding hydrogens is 422 g/mol. The molecule has 2 aliphatic rings. The summed E-state index contributed by atoms with van der Waals surface area (Å²) in [5.74, 6) is 2.33. The molecule has 2 aromatic rings. The van der Waals surface area contributed by atoms with Crippen LogP contribution in [0.3, 0.4) is 0 Å². The minimum absolute atomic E-state index is 0.00190. The summed E-state index contributed by atoms with van der Waals surface area (Å²) >= 11 is 0. The van der Waals surface area contributed by atoms with Crippen molar-refractivity contribution in [3.63, 3.8) is 0 Å². The summed E-state index contributed by atoms with van der Waals surface area (Å²) in [6.07, 6.45) is 6.51. The maximum absolute atomic E-state index is 12.5. The second kappa shape index (κ2) is 11.3. The number of methoxy groups -OCH3 is 1. The van der Waals surface area contributed by atoms with Crippen molar-refractivity contribution < 1.29 is 18.8 Å². The average Bonchev–Trinajstić information content (AvgIpc) is 3.32. The van der Waals surface area contributed by atoms with Crippen molar-refractivity contribution >= 4 is 11.8 Å². The van der Waals surface area contributed by atoms with Crippen LogP contribution in [0.4, 0.5) is 0 Å². The van der Waals surface area contributed by atoms with Gasteiger partial charge in [0.1, 0.15) is 5.75 Å². The molecule has 1 aromatic heterocycles. The molecule has 178 valence electrons. The molecule has 1 aliphatic carbocycles. The van der Waals surface area contributed by atoms with Crippen LogP contribution in [0.2, 0.25) is 0 Å². The van der Waals surface area contributed by atoms with E-state index in [1.165, 1.54) is 19.3 Å². The number of hydrogen-bond donors (Lipinski definition) is 1. The monoisotopic (exact) mass is 455 g/mol. The Kier molecular flexibility index (Phi) is 7.93. The summed E-state index contributed by atoms with van der Waals surface area (Å²) in [5.41, 5.74) is 0.867. The average molecular weight is 456 g/mol. The Balaban J connectivity index is 1.17. The lowest BCUT2D eigenvalue weighted by molar-refractivity contribution is -0.134. The predicted octanol–water partition coefficient (Wildman–Crippen LogP) is 2.48. The molecule has 4 rings (SSSR count). The first-order chi connectivity index (χ1) is 16.1. The first-order valence-corrected chi connectivity index (χ1v) is 11.8. The lowest BCUT2D eigenvalue weighted by Gasteiger charge is -2.34. The molecule has 1 aliphatic heterocycles. The van der Waals surface area contributed by atoms with Crippen LogP contribution in [0.15, 0.2) is 28.8 Å². The number of carbonyl (C=O) groups excluding carboxylic acids is 2. The number of nitrogens with zero attached hydrogens (tertiary/aromatic N) is 4. The van der Waals surface area contributed by atoms with Gasteiger partial charge in [0.25, 0.3) is 0 Å². The SMILES string of the molecule is COc1ccc(-c2noc(CN3CCN(C(=O)CNC(=O)CC4CCCCC4)CC3)n2)cc1. The fraction of sp³-hybridized carbons (Fsp3) is 0.583. The maximum Gasteiger partial charge on any atom is 0.242 e. The van der Waals surface area contributed by atoms with E-state index in [2.05, 4.69) is 20.4 Å². The van der Waals surface area contributed by atoms with Crippen LogP contribution >= 0.6 is 0 Å². The van der Waals surface area contributed by atoms with Gasteiger partial charge in [-0.3, -0.25) is 14.5 Å². The molecule has 1 saturated carbocycles. The third kappa shape index (κ3) is 6.54. The van der Waals surface area contributed by atoms with Crippen molar-refractivity contribution in [2.45, 2.75) is 45.1 Å². The van der Waals surface area contributed by atoms with Gasteiger partial charge in [-0.15, -0.1) is 0 Å². The minimum Gasteiger partial charge on any atom is -0.497 e. The highest BCUT2D eigenvalue weighted by atomic mass is 16.5. The largest absolute Gasteiger partial charge is 0.497 e. The van der Waals surface area contributed by atoms with E-state index in [4.69, 9.17) is 9.26 Å². The van der Waals surface area contributed by atoms with Gasteiger partial charge in [-0.1, -0.05) is 24.4 Å². The summed E-state index contributed by atoms with van der Waals surface area (Å²) in [4.78, 5) is 33.2. The molecule has 0 radical (unpaired) electrons. The maximum atomic E-state index is 12.5. The van der Waals surface area contributed by atoms with E-state index in [0.29, 0.717) is 43.7 Å². The zero-order chi connectivity index (χ0) is 23.0. The zero-order valence-corrected chi connectivity index (χ0v) is 19.3. The van der Waals surface area contributed by atoms with Crippen LogP contribution in [-0.4, -0.2) is 71.6 Å². The molecule has 0 unspecified atom stereocenters. The van der Waals surface area contributed by atoms with Crippen LogP contribution in [-0.2, 0) is 16.1 Å². The molecule has 0 spiro atoms. The fourth-order valence-electron chi connectivity index (χ4n) is 4.53. The first kappa shape index (κ1) is 23.2. The number of piperazine rings is 1. The number of aromatic nitrogens is 2. The van der Waals surface area contributed by atoms with Crippen molar-refractivity contribution in [1.29, 1.82) is 0 Å². The smallest absolute Gasteiger partial charge is 0.242 e. The predicted molar refractivity (Wildman–Crippen MR) is 122 cm³/mol. The number of benzene rings is 1. The van der Waals surface area contributed by atoms with E-state index in [1.807, 2.05) is 29.2 Å². The van der Waals surface area contributed by atoms with Gasteiger partial charge in [0.2, 0.25) is 23.5 Å². The van der Waals surface area contributed by atoms with Crippen LogP contribution in [0, 0.1) is 5.92 Å². The molecular formula is C24H33N5O4. The summed E-state index contributed by atoms with van der Waals surface area (Å²) < 4.78 is 10.6. The second-order valence-electron chi connectivity index (χ2n) is 8.88. The van der Waals surface area contributed by atoms with Crippen LogP contribution in [0.1, 0.15) is 44.4 Å². The van der Waals surface area contributed by atoms with Gasteiger partial charge in [0, 0.05) is 38.2 Å². The topological polar surface area (TPSA) is 101 Å². The first-order valence-electron chi connectivity index (χ1n) is 11.8. The number of rotatable bonds is 8. The standard InChI is InChI=1S/C24H33N5O4/c1-32-20-9-7-19(8-10-20)24-26-22(33-27-24)17-28-11-13-29(14-12-28)23(31)16-25-21(30)15-18-5-3-2-4-6-18/h7-10,18H,2-6,11-17H2,1H3,(H,25,30). The van der Waals surface area contributed by atoms with E-state index in [1.54, 1.807) is 7.11 Å². The number of ether oxygens (including phenoxy) is 1. The summed E-state index contributed by atoms with van der Waals surface area (Å²) in [6.45, 7) is 3.32. The molecule has 9 heteroatoms. The lowest BCUT2D eigenvalue weighted by Crippen LogP contribution is -2.50. The number of hydrogen-bond acceptors (Lipinski definition) is 7. The van der Waals surface area contributed by atoms with E-state index >= 15 is 0 Å². The van der Waals surface area contributed by atoms with Gasteiger partial charge in [-0.2, -0.15) is 4.98 Å². The van der Waals surface area contributed by atoms with Crippen molar-refractivity contribution in [2.24, 2.45) is 5.92 Å². The number of nitrogens with one attached hydrogen (secondary N) is 1. The van der Waals surface area contributed by atoms with Crippen molar-refractivity contribution in [2.75, 3.05) is 39.8 Å². The Morgan fingerprint density at radius 2 is 1.82 bits per heavy atom. The lowest BCUT2D eigenvalue weighted by atomic mass is 9.87. The minimum atomic E-state index is -0.0220. The van der Waals surface area contributed by atoms with Crippen molar-refractivity contribution in [1.82, 2.24) is 25.3 Å². The molecule has 33 heavy (non-hydrogen) atoms. The third-order valence-electron chi connectivity index (χ3n) is 6.54. The Hall–Kier alpha value is -2.94. The molecule has 1 saturated heterocycles. The second-order valence-corrected chi connectivity index (χ2v) is 8.88. The fourth-order valence-corrected chi connectivity index (χ4v) is 4.53. The van der Waals surface area contributed by atoms with Gasteiger partial charge in [0.05, 0.1) is 20.2 Å². The molecule has 2 heterocycles. The van der Waals surface area contributed by atoms with Crippen LogP contribution in [0.25, 0.3) is 11.4 Å². The Labute approximate surface area is 194 Å². The summed E-state index contributed by atoms with van der Waals surface area (Å²) in [5, 5.41) is 6.89. The van der Waals surface area contributed by atoms with E-state index in [-0.39, 0.29) is 18.4 Å². The van der Waals surface area contributed by atoms with Gasteiger partial charge in [-0.05, 0) is 43.0 Å². The molecule has 1 N–H and O–H groups in total. The summed E-state index contributed by atoms with van der Waals surface area (Å²) in [6, 6.07) is 7.51. The highest BCUT2D eigenvalue weighted by Crippen LogP contribution is 2.26. The van der Waals surface area contributed by atoms with Crippen LogP contribution < -0.4 is 10.1 Å². The molecule has 2 amide bonds.